The Morgan fingerprint density at radius 1 is 1.29 bits per heavy atom. The molecule has 0 saturated carbocycles. The third kappa shape index (κ3) is 2.71. The van der Waals surface area contributed by atoms with E-state index in [1.165, 1.54) is 11.3 Å². The van der Waals surface area contributed by atoms with Crippen molar-refractivity contribution >= 4 is 27.3 Å². The van der Waals surface area contributed by atoms with E-state index in [2.05, 4.69) is 21.4 Å². The predicted molar refractivity (Wildman–Crippen MR) is 67.5 cm³/mol. The Balaban J connectivity index is 2.45. The Kier molecular flexibility index (Phi) is 3.88. The van der Waals surface area contributed by atoms with Crippen LogP contribution in [0.1, 0.15) is 16.5 Å². The molecule has 1 aromatic carbocycles. The van der Waals surface area contributed by atoms with Gasteiger partial charge in [-0.3, -0.25) is 5.84 Å². The van der Waals surface area contributed by atoms with Gasteiger partial charge in [-0.25, -0.2) is 14.2 Å². The second-order valence-corrected chi connectivity index (χ2v) is 5.29. The molecule has 1 aromatic heterocycles. The van der Waals surface area contributed by atoms with E-state index in [-0.39, 0.29) is 5.56 Å². The number of nitrogens with one attached hydrogen (secondary N) is 1. The molecule has 2 rings (SSSR count). The van der Waals surface area contributed by atoms with Gasteiger partial charge in [0.25, 0.3) is 0 Å². The van der Waals surface area contributed by atoms with Crippen LogP contribution in [0.3, 0.4) is 0 Å². The second-order valence-electron chi connectivity index (χ2n) is 3.43. The van der Waals surface area contributed by atoms with E-state index in [1.807, 2.05) is 11.4 Å². The summed E-state index contributed by atoms with van der Waals surface area (Å²) in [5, 5.41) is 1.86. The Morgan fingerprint density at radius 3 is 2.65 bits per heavy atom. The Morgan fingerprint density at radius 2 is 2.06 bits per heavy atom. The molecule has 0 aliphatic heterocycles. The lowest BCUT2D eigenvalue weighted by Gasteiger charge is -2.15. The average molecular weight is 319 g/mol. The van der Waals surface area contributed by atoms with Crippen LogP contribution in [0.2, 0.25) is 0 Å². The Bertz CT molecular complexity index is 530. The summed E-state index contributed by atoms with van der Waals surface area (Å²) in [6.07, 6.45) is 0. The summed E-state index contributed by atoms with van der Waals surface area (Å²) in [5.41, 5.74) is 2.70. The molecule has 2 aromatic rings. The smallest absolute Gasteiger partial charge is 0.128 e. The van der Waals surface area contributed by atoms with Crippen LogP contribution >= 0.6 is 27.3 Å². The molecule has 0 aliphatic rings. The molecule has 1 heterocycles. The number of thiophene rings is 1. The first kappa shape index (κ1) is 12.6. The lowest BCUT2D eigenvalue weighted by Crippen LogP contribution is -2.29. The van der Waals surface area contributed by atoms with E-state index >= 15 is 0 Å². The van der Waals surface area contributed by atoms with Crippen LogP contribution < -0.4 is 11.3 Å². The monoisotopic (exact) mass is 318 g/mol. The summed E-state index contributed by atoms with van der Waals surface area (Å²) < 4.78 is 27.6. The standard InChI is InChI=1S/C11H9BrF2N2S/c12-6-3-10(17-5-6)11(16-15)8-4-7(13)1-2-9(8)14/h1-5,11,16H,15H2. The summed E-state index contributed by atoms with van der Waals surface area (Å²) in [5.74, 6) is 4.44. The quantitative estimate of drug-likeness (QED) is 0.673. The minimum Gasteiger partial charge on any atom is -0.271 e. The summed E-state index contributed by atoms with van der Waals surface area (Å²) in [6, 6.07) is 4.59. The molecule has 0 saturated heterocycles. The summed E-state index contributed by atoms with van der Waals surface area (Å²) in [4.78, 5) is 0.809. The van der Waals surface area contributed by atoms with Gasteiger partial charge in [-0.2, -0.15) is 0 Å². The largest absolute Gasteiger partial charge is 0.271 e. The van der Waals surface area contributed by atoms with Gasteiger partial charge in [-0.05, 0) is 40.2 Å². The molecule has 0 fully saturated rings. The lowest BCUT2D eigenvalue weighted by atomic mass is 10.1. The molecule has 1 unspecified atom stereocenters. The maximum Gasteiger partial charge on any atom is 0.128 e. The Hall–Kier alpha value is -0.820. The first-order chi connectivity index (χ1) is 8.11. The highest BCUT2D eigenvalue weighted by Gasteiger charge is 2.18. The van der Waals surface area contributed by atoms with Crippen molar-refractivity contribution in [3.63, 3.8) is 0 Å². The van der Waals surface area contributed by atoms with Crippen molar-refractivity contribution in [3.8, 4) is 0 Å². The number of hydrogen-bond donors (Lipinski definition) is 2. The zero-order valence-electron chi connectivity index (χ0n) is 8.58. The van der Waals surface area contributed by atoms with Crippen LogP contribution in [0.5, 0.6) is 0 Å². The van der Waals surface area contributed by atoms with Gasteiger partial charge in [-0.1, -0.05) is 0 Å². The zero-order chi connectivity index (χ0) is 12.4. The molecule has 1 atom stereocenters. The number of halogens is 3. The van der Waals surface area contributed by atoms with Crippen molar-refractivity contribution in [3.05, 3.63) is 56.2 Å². The van der Waals surface area contributed by atoms with E-state index in [0.717, 1.165) is 27.5 Å². The van der Waals surface area contributed by atoms with Crippen LogP contribution in [0.15, 0.2) is 34.1 Å². The van der Waals surface area contributed by atoms with Crippen molar-refractivity contribution < 1.29 is 8.78 Å². The molecule has 0 bridgehead atoms. The Labute approximate surface area is 110 Å². The van der Waals surface area contributed by atoms with Gasteiger partial charge in [0.2, 0.25) is 0 Å². The molecule has 90 valence electrons. The van der Waals surface area contributed by atoms with Crippen molar-refractivity contribution in [2.45, 2.75) is 6.04 Å². The van der Waals surface area contributed by atoms with E-state index in [1.54, 1.807) is 0 Å². The number of benzene rings is 1. The van der Waals surface area contributed by atoms with Gasteiger partial charge in [0.05, 0.1) is 6.04 Å². The molecule has 0 aliphatic carbocycles. The van der Waals surface area contributed by atoms with Crippen LogP contribution in [0.25, 0.3) is 0 Å². The number of rotatable bonds is 3. The summed E-state index contributed by atoms with van der Waals surface area (Å²) in [7, 11) is 0. The van der Waals surface area contributed by atoms with Crippen LogP contribution in [-0.2, 0) is 0 Å². The fourth-order valence-corrected chi connectivity index (χ4v) is 3.06. The average Bonchev–Trinajstić information content (AvgIpc) is 2.71. The summed E-state index contributed by atoms with van der Waals surface area (Å²) >= 11 is 4.72. The van der Waals surface area contributed by atoms with Gasteiger partial charge < -0.3 is 0 Å². The van der Waals surface area contributed by atoms with Crippen LogP contribution in [0.4, 0.5) is 8.78 Å². The predicted octanol–water partition coefficient (Wildman–Crippen LogP) is 3.34. The van der Waals surface area contributed by atoms with Gasteiger partial charge in [0.1, 0.15) is 11.6 Å². The molecule has 0 radical (unpaired) electrons. The third-order valence-corrected chi connectivity index (χ3v) is 4.07. The molecule has 2 nitrogen and oxygen atoms in total. The van der Waals surface area contributed by atoms with Crippen LogP contribution in [0, 0.1) is 11.6 Å². The SMILES string of the molecule is NNC(c1cc(Br)cs1)c1cc(F)ccc1F. The zero-order valence-corrected chi connectivity index (χ0v) is 11.0. The highest BCUT2D eigenvalue weighted by molar-refractivity contribution is 9.10. The van der Waals surface area contributed by atoms with E-state index in [9.17, 15) is 8.78 Å². The van der Waals surface area contributed by atoms with E-state index in [4.69, 9.17) is 5.84 Å². The van der Waals surface area contributed by atoms with Crippen molar-refractivity contribution in [1.29, 1.82) is 0 Å². The first-order valence-corrected chi connectivity index (χ1v) is 6.44. The molecular formula is C11H9BrF2N2S. The van der Waals surface area contributed by atoms with Crippen LogP contribution in [-0.4, -0.2) is 0 Å². The van der Waals surface area contributed by atoms with Gasteiger partial charge >= 0.3 is 0 Å². The summed E-state index contributed by atoms with van der Waals surface area (Å²) in [6.45, 7) is 0. The maximum atomic E-state index is 13.6. The fraction of sp³-hybridized carbons (Fsp3) is 0.0909. The van der Waals surface area contributed by atoms with Gasteiger partial charge in [0, 0.05) is 20.3 Å². The lowest BCUT2D eigenvalue weighted by molar-refractivity contribution is 0.549. The van der Waals surface area contributed by atoms with Gasteiger partial charge in [0.15, 0.2) is 0 Å². The molecule has 0 amide bonds. The van der Waals surface area contributed by atoms with E-state index < -0.39 is 17.7 Å². The second kappa shape index (κ2) is 5.22. The molecular weight excluding hydrogens is 310 g/mol. The fourth-order valence-electron chi connectivity index (χ4n) is 1.54. The number of hydrazine groups is 1. The highest BCUT2D eigenvalue weighted by Crippen LogP contribution is 2.31. The molecule has 17 heavy (non-hydrogen) atoms. The molecule has 6 heteroatoms. The van der Waals surface area contributed by atoms with Crippen molar-refractivity contribution in [2.24, 2.45) is 5.84 Å². The normalized spacial score (nSPS) is 12.7. The van der Waals surface area contributed by atoms with Gasteiger partial charge in [-0.15, -0.1) is 11.3 Å². The highest BCUT2D eigenvalue weighted by atomic mass is 79.9. The first-order valence-electron chi connectivity index (χ1n) is 4.77. The third-order valence-electron chi connectivity index (χ3n) is 2.31. The molecule has 3 N–H and O–H groups in total. The van der Waals surface area contributed by atoms with E-state index in [0.29, 0.717) is 0 Å². The van der Waals surface area contributed by atoms with Crippen molar-refractivity contribution in [1.82, 2.24) is 5.43 Å². The topological polar surface area (TPSA) is 38.0 Å². The maximum absolute atomic E-state index is 13.6. The van der Waals surface area contributed by atoms with Crippen molar-refractivity contribution in [2.75, 3.05) is 0 Å². The number of hydrogen-bond acceptors (Lipinski definition) is 3. The minimum absolute atomic E-state index is 0.196. The molecule has 0 spiro atoms. The minimum atomic E-state index is -0.554. The number of nitrogens with two attached hydrogens (primary N) is 1.